The molecule has 32 heavy (non-hydrogen) atoms. The second kappa shape index (κ2) is 7.93. The van der Waals surface area contributed by atoms with Crippen LogP contribution in [0.15, 0.2) is 41.1 Å². The Kier molecular flexibility index (Phi) is 5.34. The largest absolute Gasteiger partial charge is 0.495 e. The number of ether oxygens (including phenoxy) is 1. The molecule has 4 aliphatic rings. The minimum atomic E-state index is 0.0580. The van der Waals surface area contributed by atoms with Crippen molar-refractivity contribution in [1.29, 1.82) is 0 Å². The van der Waals surface area contributed by atoms with E-state index in [1.165, 1.54) is 18.4 Å². The van der Waals surface area contributed by atoms with E-state index in [-0.39, 0.29) is 22.7 Å². The number of allylic oxidation sites excluding steroid dienone is 2. The van der Waals surface area contributed by atoms with Crippen LogP contribution in [0.3, 0.4) is 0 Å². The van der Waals surface area contributed by atoms with Crippen LogP contribution in [0.2, 0.25) is 0 Å². The molecular weight excluding hydrogens is 400 g/mol. The lowest BCUT2D eigenvalue weighted by Gasteiger charge is -2.58. The lowest BCUT2D eigenvalue weighted by molar-refractivity contribution is -0.126. The lowest BCUT2D eigenvalue weighted by Crippen LogP contribution is -2.51. The molecule has 5 heteroatoms. The van der Waals surface area contributed by atoms with Crippen LogP contribution < -0.4 is 10.1 Å². The zero-order valence-corrected chi connectivity index (χ0v) is 19.6. The molecule has 5 rings (SSSR count). The Morgan fingerprint density at radius 3 is 2.69 bits per heavy atom. The maximum atomic E-state index is 13.5. The van der Waals surface area contributed by atoms with E-state index < -0.39 is 0 Å². The number of nitrogens with zero attached hydrogens (tertiary/aromatic N) is 1. The number of fused-ring (bicyclic) bond motifs is 5. The zero-order valence-electron chi connectivity index (χ0n) is 19.6. The number of carbonyl (C=O) groups excluding carboxylic acids is 1. The van der Waals surface area contributed by atoms with Gasteiger partial charge in [0.2, 0.25) is 5.91 Å². The molecule has 5 nitrogen and oxygen atoms in total. The summed E-state index contributed by atoms with van der Waals surface area (Å²) >= 11 is 0. The summed E-state index contributed by atoms with van der Waals surface area (Å²) in [5.41, 5.74) is 3.38. The number of benzene rings is 1. The Morgan fingerprint density at radius 2 is 1.91 bits per heavy atom. The highest BCUT2D eigenvalue weighted by Crippen LogP contribution is 2.66. The molecule has 2 N–H and O–H groups in total. The van der Waals surface area contributed by atoms with E-state index in [0.717, 1.165) is 49.9 Å². The van der Waals surface area contributed by atoms with Gasteiger partial charge in [-0.1, -0.05) is 36.7 Å². The molecule has 1 aromatic rings. The molecule has 0 radical (unpaired) electrons. The summed E-state index contributed by atoms with van der Waals surface area (Å²) < 4.78 is 5.44. The number of rotatable bonds is 3. The average molecular weight is 437 g/mol. The molecular formula is C27H36N2O3. The summed E-state index contributed by atoms with van der Waals surface area (Å²) in [7, 11) is 1.65. The van der Waals surface area contributed by atoms with Crippen LogP contribution in [0.4, 0.5) is 5.69 Å². The smallest absolute Gasteiger partial charge is 0.228 e. The van der Waals surface area contributed by atoms with E-state index in [1.807, 2.05) is 24.3 Å². The number of amides is 1. The Hall–Kier alpha value is -2.30. The van der Waals surface area contributed by atoms with Crippen molar-refractivity contribution in [3.63, 3.8) is 0 Å². The standard InChI is InChI=1S/C27H36N2O3/c1-26-14-12-18(29-31)16-17(26)8-9-19-20-10-11-22(27(20,2)15-13-21(19)26)25(30)28-23-6-4-5-7-24(23)32-3/h4-7,16,19-22,31H,8-15H2,1-3H3,(H,28,30)/t19-,20-,21-,22+,26-,27-/m0/s1. The Balaban J connectivity index is 1.37. The molecule has 0 aromatic heterocycles. The van der Waals surface area contributed by atoms with Crippen molar-refractivity contribution >= 4 is 17.3 Å². The van der Waals surface area contributed by atoms with Crippen LogP contribution >= 0.6 is 0 Å². The summed E-state index contributed by atoms with van der Waals surface area (Å²) in [5, 5.41) is 16.0. The number of carbonyl (C=O) groups is 1. The van der Waals surface area contributed by atoms with Gasteiger partial charge < -0.3 is 15.3 Å². The molecule has 3 saturated carbocycles. The van der Waals surface area contributed by atoms with Crippen molar-refractivity contribution in [3.05, 3.63) is 35.9 Å². The van der Waals surface area contributed by atoms with Crippen molar-refractivity contribution in [2.45, 2.75) is 65.2 Å². The van der Waals surface area contributed by atoms with E-state index >= 15 is 0 Å². The third-order valence-corrected chi connectivity index (χ3v) is 9.79. The quantitative estimate of drug-likeness (QED) is 0.448. The molecule has 0 heterocycles. The van der Waals surface area contributed by atoms with E-state index in [4.69, 9.17) is 4.74 Å². The molecule has 0 unspecified atom stereocenters. The van der Waals surface area contributed by atoms with Crippen molar-refractivity contribution < 1.29 is 14.7 Å². The number of anilines is 1. The molecule has 3 fully saturated rings. The first-order chi connectivity index (χ1) is 15.4. The van der Waals surface area contributed by atoms with Gasteiger partial charge >= 0.3 is 0 Å². The minimum absolute atomic E-state index is 0.0580. The van der Waals surface area contributed by atoms with Crippen LogP contribution in [0.1, 0.15) is 65.2 Å². The maximum Gasteiger partial charge on any atom is 0.228 e. The van der Waals surface area contributed by atoms with Gasteiger partial charge in [0.25, 0.3) is 0 Å². The Labute approximate surface area is 191 Å². The number of methoxy groups -OCH3 is 1. The van der Waals surface area contributed by atoms with Gasteiger partial charge in [0.1, 0.15) is 5.75 Å². The van der Waals surface area contributed by atoms with Gasteiger partial charge in [-0.05, 0) is 98.2 Å². The number of oxime groups is 1. The highest BCUT2D eigenvalue weighted by molar-refractivity contribution is 5.96. The highest BCUT2D eigenvalue weighted by Gasteiger charge is 2.60. The lowest BCUT2D eigenvalue weighted by atomic mass is 9.47. The van der Waals surface area contributed by atoms with Gasteiger partial charge in [0, 0.05) is 5.92 Å². The predicted octanol–water partition coefficient (Wildman–Crippen LogP) is 6.04. The normalized spacial score (nSPS) is 39.5. The fraction of sp³-hybridized carbons (Fsp3) is 0.630. The number of hydrogen-bond donors (Lipinski definition) is 2. The summed E-state index contributed by atoms with van der Waals surface area (Å²) in [6.07, 6.45) is 10.9. The van der Waals surface area contributed by atoms with Gasteiger partial charge in [0.05, 0.1) is 18.5 Å². The van der Waals surface area contributed by atoms with Crippen LogP contribution in [0.25, 0.3) is 0 Å². The monoisotopic (exact) mass is 436 g/mol. The SMILES string of the molecule is COc1ccccc1NC(=O)[C@H]1CC[C@H]2[C@@H]3CCC4=CC(=NO)CC[C@]4(C)[C@H]3CC[C@]12C. The topological polar surface area (TPSA) is 70.9 Å². The minimum Gasteiger partial charge on any atom is -0.495 e. The van der Waals surface area contributed by atoms with Crippen molar-refractivity contribution in [3.8, 4) is 5.75 Å². The van der Waals surface area contributed by atoms with Crippen LogP contribution in [-0.4, -0.2) is 23.9 Å². The van der Waals surface area contributed by atoms with Gasteiger partial charge in [0.15, 0.2) is 0 Å². The Bertz CT molecular complexity index is 969. The van der Waals surface area contributed by atoms with Gasteiger partial charge in [-0.25, -0.2) is 0 Å². The van der Waals surface area contributed by atoms with Crippen LogP contribution in [-0.2, 0) is 4.79 Å². The molecule has 172 valence electrons. The number of para-hydroxylation sites is 2. The van der Waals surface area contributed by atoms with Crippen molar-refractivity contribution in [1.82, 2.24) is 0 Å². The van der Waals surface area contributed by atoms with E-state index in [2.05, 4.69) is 30.4 Å². The molecule has 0 aliphatic heterocycles. The summed E-state index contributed by atoms with van der Waals surface area (Å²) in [6, 6.07) is 7.68. The first-order valence-corrected chi connectivity index (χ1v) is 12.3. The molecule has 4 aliphatic carbocycles. The second-order valence-corrected chi connectivity index (χ2v) is 11.0. The van der Waals surface area contributed by atoms with E-state index in [1.54, 1.807) is 7.11 Å². The van der Waals surface area contributed by atoms with E-state index in [0.29, 0.717) is 23.5 Å². The third kappa shape index (κ3) is 3.19. The van der Waals surface area contributed by atoms with Crippen LogP contribution in [0.5, 0.6) is 5.75 Å². The molecule has 0 bridgehead atoms. The van der Waals surface area contributed by atoms with Gasteiger partial charge in [-0.15, -0.1) is 0 Å². The number of nitrogens with one attached hydrogen (secondary N) is 1. The van der Waals surface area contributed by atoms with E-state index in [9.17, 15) is 10.0 Å². The molecule has 6 atom stereocenters. The molecule has 1 amide bonds. The highest BCUT2D eigenvalue weighted by atomic mass is 16.5. The van der Waals surface area contributed by atoms with Crippen molar-refractivity contribution in [2.75, 3.05) is 12.4 Å². The third-order valence-electron chi connectivity index (χ3n) is 9.79. The molecule has 0 saturated heterocycles. The second-order valence-electron chi connectivity index (χ2n) is 11.0. The van der Waals surface area contributed by atoms with Gasteiger partial charge in [-0.2, -0.15) is 0 Å². The summed E-state index contributed by atoms with van der Waals surface area (Å²) in [6.45, 7) is 4.84. The zero-order chi connectivity index (χ0) is 22.5. The van der Waals surface area contributed by atoms with Gasteiger partial charge in [-0.3, -0.25) is 4.79 Å². The predicted molar refractivity (Wildman–Crippen MR) is 126 cm³/mol. The molecule has 0 spiro atoms. The summed E-state index contributed by atoms with van der Waals surface area (Å²) in [5.74, 6) is 2.90. The van der Waals surface area contributed by atoms with Crippen LogP contribution in [0, 0.1) is 34.5 Å². The summed E-state index contributed by atoms with van der Waals surface area (Å²) in [4.78, 5) is 13.5. The first-order valence-electron chi connectivity index (χ1n) is 12.3. The van der Waals surface area contributed by atoms with Crippen molar-refractivity contribution in [2.24, 2.45) is 39.7 Å². The molecule has 1 aromatic carbocycles. The maximum absolute atomic E-state index is 13.5. The average Bonchev–Trinajstić information content (AvgIpc) is 3.16. The first kappa shape index (κ1) is 21.5. The Morgan fingerprint density at radius 1 is 1.09 bits per heavy atom. The fourth-order valence-electron chi connectivity index (χ4n) is 8.05. The number of hydrogen-bond acceptors (Lipinski definition) is 4. The fourth-order valence-corrected chi connectivity index (χ4v) is 8.05.